The summed E-state index contributed by atoms with van der Waals surface area (Å²) >= 11 is 0. The van der Waals surface area contributed by atoms with Gasteiger partial charge in [-0.1, -0.05) is 18.2 Å². The highest BCUT2D eigenvalue weighted by Crippen LogP contribution is 2.23. The molecule has 20 heavy (non-hydrogen) atoms. The quantitative estimate of drug-likeness (QED) is 0.869. The number of carbonyl (C=O) groups is 1. The topological polar surface area (TPSA) is 50.4 Å². The first-order chi connectivity index (χ1) is 9.70. The molecule has 2 rings (SSSR count). The highest BCUT2D eigenvalue weighted by Gasteiger charge is 2.18. The number of ether oxygens (including phenoxy) is 1. The minimum atomic E-state index is 0.0349. The highest BCUT2D eigenvalue weighted by molar-refractivity contribution is 5.91. The smallest absolute Gasteiger partial charge is 0.226 e. The van der Waals surface area contributed by atoms with Crippen molar-refractivity contribution in [3.8, 4) is 0 Å². The molecule has 0 saturated carbocycles. The summed E-state index contributed by atoms with van der Waals surface area (Å²) in [4.78, 5) is 12.1. The van der Waals surface area contributed by atoms with Gasteiger partial charge in [-0.15, -0.1) is 0 Å². The zero-order valence-corrected chi connectivity index (χ0v) is 12.3. The molecule has 1 aliphatic heterocycles. The molecule has 1 amide bonds. The van der Waals surface area contributed by atoms with Crippen LogP contribution < -0.4 is 10.6 Å². The van der Waals surface area contributed by atoms with Crippen molar-refractivity contribution in [2.24, 2.45) is 0 Å². The number of nitrogens with one attached hydrogen (secondary N) is 2. The maximum atomic E-state index is 12.1. The molecule has 1 aromatic carbocycles. The van der Waals surface area contributed by atoms with Crippen LogP contribution in [0, 0.1) is 0 Å². The van der Waals surface area contributed by atoms with E-state index in [2.05, 4.69) is 17.6 Å². The fourth-order valence-corrected chi connectivity index (χ4v) is 2.52. The Hall–Kier alpha value is -1.39. The zero-order chi connectivity index (χ0) is 14.4. The molecule has 2 unspecified atom stereocenters. The molecule has 1 saturated heterocycles. The Morgan fingerprint density at radius 3 is 2.90 bits per heavy atom. The van der Waals surface area contributed by atoms with Crippen LogP contribution >= 0.6 is 0 Å². The van der Waals surface area contributed by atoms with Crippen LogP contribution in [0.1, 0.15) is 44.2 Å². The van der Waals surface area contributed by atoms with Crippen LogP contribution in [0.25, 0.3) is 0 Å². The third kappa shape index (κ3) is 4.05. The second-order valence-electron chi connectivity index (χ2n) is 5.34. The normalized spacial score (nSPS) is 20.4. The molecular weight excluding hydrogens is 252 g/mol. The van der Waals surface area contributed by atoms with Gasteiger partial charge in [0.2, 0.25) is 5.91 Å². The van der Waals surface area contributed by atoms with Crippen molar-refractivity contribution >= 4 is 11.6 Å². The van der Waals surface area contributed by atoms with Crippen molar-refractivity contribution in [1.29, 1.82) is 0 Å². The molecule has 2 N–H and O–H groups in total. The van der Waals surface area contributed by atoms with E-state index in [1.54, 1.807) is 0 Å². The molecule has 1 fully saturated rings. The van der Waals surface area contributed by atoms with Gasteiger partial charge in [0.25, 0.3) is 0 Å². The number of rotatable bonds is 5. The van der Waals surface area contributed by atoms with E-state index in [9.17, 15) is 4.79 Å². The van der Waals surface area contributed by atoms with E-state index >= 15 is 0 Å². The highest BCUT2D eigenvalue weighted by atomic mass is 16.5. The largest absolute Gasteiger partial charge is 0.378 e. The Morgan fingerprint density at radius 2 is 2.20 bits per heavy atom. The lowest BCUT2D eigenvalue weighted by Crippen LogP contribution is -2.26. The van der Waals surface area contributed by atoms with E-state index in [4.69, 9.17) is 4.74 Å². The number of anilines is 1. The summed E-state index contributed by atoms with van der Waals surface area (Å²) in [5.41, 5.74) is 1.99. The van der Waals surface area contributed by atoms with Crippen LogP contribution in [0.4, 0.5) is 5.69 Å². The molecule has 1 aromatic rings. The van der Waals surface area contributed by atoms with E-state index in [-0.39, 0.29) is 18.1 Å². The lowest BCUT2D eigenvalue weighted by Gasteiger charge is -2.22. The predicted octanol–water partition coefficient (Wildman–Crippen LogP) is 2.86. The van der Waals surface area contributed by atoms with Gasteiger partial charge in [-0.3, -0.25) is 4.79 Å². The van der Waals surface area contributed by atoms with Crippen molar-refractivity contribution in [2.75, 3.05) is 19.0 Å². The Kier molecular flexibility index (Phi) is 5.56. The van der Waals surface area contributed by atoms with Gasteiger partial charge in [0.05, 0.1) is 12.5 Å². The molecule has 4 nitrogen and oxygen atoms in total. The Labute approximate surface area is 120 Å². The van der Waals surface area contributed by atoms with Crippen LogP contribution in [-0.4, -0.2) is 25.7 Å². The van der Waals surface area contributed by atoms with Crippen LogP contribution in [-0.2, 0) is 9.53 Å². The molecule has 0 aromatic heterocycles. The number of benzene rings is 1. The molecular formula is C16H24N2O2. The number of hydrogen-bond donors (Lipinski definition) is 2. The molecule has 0 radical (unpaired) electrons. The maximum Gasteiger partial charge on any atom is 0.226 e. The molecule has 110 valence electrons. The fraction of sp³-hybridized carbons (Fsp3) is 0.562. The number of amides is 1. The minimum absolute atomic E-state index is 0.0349. The Bertz CT molecular complexity index is 442. The molecule has 4 heteroatoms. The molecule has 1 heterocycles. The summed E-state index contributed by atoms with van der Waals surface area (Å²) in [7, 11) is 1.92. The van der Waals surface area contributed by atoms with Crippen LogP contribution in [0.15, 0.2) is 24.3 Å². The fourth-order valence-electron chi connectivity index (χ4n) is 2.52. The second-order valence-corrected chi connectivity index (χ2v) is 5.34. The SMILES string of the molecule is CNC(C)c1ccccc1NC(=O)CC1CCCCO1. The zero-order valence-electron chi connectivity index (χ0n) is 12.3. The average Bonchev–Trinajstić information content (AvgIpc) is 2.48. The number of carbonyl (C=O) groups excluding carboxylic acids is 1. The van der Waals surface area contributed by atoms with Gasteiger partial charge >= 0.3 is 0 Å². The van der Waals surface area contributed by atoms with Crippen molar-refractivity contribution < 1.29 is 9.53 Å². The first-order valence-electron chi connectivity index (χ1n) is 7.38. The van der Waals surface area contributed by atoms with Crippen molar-refractivity contribution in [2.45, 2.75) is 44.8 Å². The summed E-state index contributed by atoms with van der Waals surface area (Å²) in [6.07, 6.45) is 3.79. The molecule has 0 spiro atoms. The van der Waals surface area contributed by atoms with Gasteiger partial charge in [-0.25, -0.2) is 0 Å². The Morgan fingerprint density at radius 1 is 1.40 bits per heavy atom. The molecule has 0 aliphatic carbocycles. The van der Waals surface area contributed by atoms with E-state index < -0.39 is 0 Å². The molecule has 2 atom stereocenters. The monoisotopic (exact) mass is 276 g/mol. The summed E-state index contributed by atoms with van der Waals surface area (Å²) in [6, 6.07) is 8.12. The van der Waals surface area contributed by atoms with Crippen molar-refractivity contribution in [3.63, 3.8) is 0 Å². The van der Waals surface area contributed by atoms with E-state index in [1.165, 1.54) is 0 Å². The van der Waals surface area contributed by atoms with Crippen molar-refractivity contribution in [3.05, 3.63) is 29.8 Å². The van der Waals surface area contributed by atoms with Crippen LogP contribution in [0.5, 0.6) is 0 Å². The Balaban J connectivity index is 1.96. The molecule has 0 bridgehead atoms. The summed E-state index contributed by atoms with van der Waals surface area (Å²) in [5.74, 6) is 0.0349. The van der Waals surface area contributed by atoms with Crippen molar-refractivity contribution in [1.82, 2.24) is 5.32 Å². The van der Waals surface area contributed by atoms with E-state index in [0.717, 1.165) is 37.1 Å². The first-order valence-corrected chi connectivity index (χ1v) is 7.38. The summed E-state index contributed by atoms with van der Waals surface area (Å²) in [6.45, 7) is 2.86. The molecule has 1 aliphatic rings. The van der Waals surface area contributed by atoms with Gasteiger partial charge < -0.3 is 15.4 Å². The minimum Gasteiger partial charge on any atom is -0.378 e. The van der Waals surface area contributed by atoms with Gasteiger partial charge in [0.15, 0.2) is 0 Å². The average molecular weight is 276 g/mol. The maximum absolute atomic E-state index is 12.1. The third-order valence-electron chi connectivity index (χ3n) is 3.82. The van der Waals surface area contributed by atoms with Crippen LogP contribution in [0.2, 0.25) is 0 Å². The standard InChI is InChI=1S/C16H24N2O2/c1-12(17-2)14-8-3-4-9-15(14)18-16(19)11-13-7-5-6-10-20-13/h3-4,8-9,12-13,17H,5-7,10-11H2,1-2H3,(H,18,19). The van der Waals surface area contributed by atoms with E-state index in [1.807, 2.05) is 31.3 Å². The summed E-state index contributed by atoms with van der Waals surface area (Å²) in [5, 5.41) is 6.21. The number of para-hydroxylation sites is 1. The van der Waals surface area contributed by atoms with Gasteiger partial charge in [-0.2, -0.15) is 0 Å². The lowest BCUT2D eigenvalue weighted by atomic mass is 10.0. The number of hydrogen-bond acceptors (Lipinski definition) is 3. The third-order valence-corrected chi connectivity index (χ3v) is 3.82. The van der Waals surface area contributed by atoms with Gasteiger partial charge in [-0.05, 0) is 44.9 Å². The lowest BCUT2D eigenvalue weighted by molar-refractivity contribution is -0.119. The second kappa shape index (κ2) is 7.41. The summed E-state index contributed by atoms with van der Waals surface area (Å²) < 4.78 is 5.61. The van der Waals surface area contributed by atoms with Gasteiger partial charge in [0.1, 0.15) is 0 Å². The first kappa shape index (κ1) is 15.0. The van der Waals surface area contributed by atoms with E-state index in [0.29, 0.717) is 6.42 Å². The van der Waals surface area contributed by atoms with Crippen LogP contribution in [0.3, 0.4) is 0 Å². The van der Waals surface area contributed by atoms with Gasteiger partial charge in [0, 0.05) is 18.3 Å². The predicted molar refractivity (Wildman–Crippen MR) is 80.8 cm³/mol.